The summed E-state index contributed by atoms with van der Waals surface area (Å²) in [6, 6.07) is 4.46. The highest BCUT2D eigenvalue weighted by Crippen LogP contribution is 2.20. The standard InChI is InChI=1S/C14H20N4O/c1-10-5-6-11(15-8-10)9-16-13-18-17-12(19-13)7-14(2,3)4/h5-6,8H,7,9H2,1-4H3,(H,16,18). The molecular weight excluding hydrogens is 240 g/mol. The predicted molar refractivity (Wildman–Crippen MR) is 73.8 cm³/mol. The van der Waals surface area contributed by atoms with Gasteiger partial charge in [-0.2, -0.15) is 0 Å². The van der Waals surface area contributed by atoms with Gasteiger partial charge in [-0.25, -0.2) is 0 Å². The summed E-state index contributed by atoms with van der Waals surface area (Å²) in [7, 11) is 0. The topological polar surface area (TPSA) is 63.8 Å². The van der Waals surface area contributed by atoms with Crippen LogP contribution < -0.4 is 5.32 Å². The molecule has 2 aromatic heterocycles. The molecule has 0 saturated heterocycles. The highest BCUT2D eigenvalue weighted by molar-refractivity contribution is 5.21. The number of hydrogen-bond donors (Lipinski definition) is 1. The van der Waals surface area contributed by atoms with Crippen LogP contribution >= 0.6 is 0 Å². The maximum absolute atomic E-state index is 5.54. The minimum absolute atomic E-state index is 0.141. The fourth-order valence-corrected chi connectivity index (χ4v) is 1.62. The first-order valence-corrected chi connectivity index (χ1v) is 6.40. The molecule has 2 rings (SSSR count). The zero-order valence-electron chi connectivity index (χ0n) is 11.9. The van der Waals surface area contributed by atoms with Crippen LogP contribution in [0.15, 0.2) is 22.7 Å². The molecule has 0 amide bonds. The van der Waals surface area contributed by atoms with Gasteiger partial charge in [0.2, 0.25) is 5.89 Å². The van der Waals surface area contributed by atoms with Gasteiger partial charge in [0.15, 0.2) is 0 Å². The first kappa shape index (κ1) is 13.5. The fourth-order valence-electron chi connectivity index (χ4n) is 1.62. The molecule has 2 heterocycles. The molecular formula is C14H20N4O. The minimum atomic E-state index is 0.141. The van der Waals surface area contributed by atoms with Crippen molar-refractivity contribution in [1.82, 2.24) is 15.2 Å². The van der Waals surface area contributed by atoms with Crippen LogP contribution in [0.3, 0.4) is 0 Å². The van der Waals surface area contributed by atoms with Crippen LogP contribution in [0.25, 0.3) is 0 Å². The van der Waals surface area contributed by atoms with E-state index in [1.807, 2.05) is 25.3 Å². The summed E-state index contributed by atoms with van der Waals surface area (Å²) < 4.78 is 5.54. The number of aryl methyl sites for hydroxylation is 1. The maximum Gasteiger partial charge on any atom is 0.315 e. The Hall–Kier alpha value is -1.91. The third kappa shape index (κ3) is 4.35. The number of aromatic nitrogens is 3. The highest BCUT2D eigenvalue weighted by Gasteiger charge is 2.16. The van der Waals surface area contributed by atoms with Gasteiger partial charge in [0, 0.05) is 12.6 Å². The Kier molecular flexibility index (Phi) is 3.83. The maximum atomic E-state index is 5.54. The Morgan fingerprint density at radius 2 is 2.00 bits per heavy atom. The molecule has 0 radical (unpaired) electrons. The molecule has 0 unspecified atom stereocenters. The van der Waals surface area contributed by atoms with Crippen LogP contribution in [-0.4, -0.2) is 15.2 Å². The summed E-state index contributed by atoms with van der Waals surface area (Å²) in [5, 5.41) is 11.1. The van der Waals surface area contributed by atoms with E-state index in [0.29, 0.717) is 18.5 Å². The fraction of sp³-hybridized carbons (Fsp3) is 0.500. The molecule has 0 atom stereocenters. The smallest absolute Gasteiger partial charge is 0.315 e. The molecule has 0 spiro atoms. The molecule has 1 N–H and O–H groups in total. The monoisotopic (exact) mass is 260 g/mol. The van der Waals surface area contributed by atoms with Crippen molar-refractivity contribution in [3.8, 4) is 0 Å². The minimum Gasteiger partial charge on any atom is -0.408 e. The molecule has 2 aromatic rings. The molecule has 5 nitrogen and oxygen atoms in total. The van der Waals surface area contributed by atoms with Gasteiger partial charge in [-0.15, -0.1) is 5.10 Å². The van der Waals surface area contributed by atoms with Gasteiger partial charge in [-0.05, 0) is 24.0 Å². The number of anilines is 1. The Bertz CT molecular complexity index is 525. The van der Waals surface area contributed by atoms with Crippen LogP contribution in [0.2, 0.25) is 0 Å². The summed E-state index contributed by atoms with van der Waals surface area (Å²) in [4.78, 5) is 4.31. The first-order chi connectivity index (χ1) is 8.92. The van der Waals surface area contributed by atoms with E-state index >= 15 is 0 Å². The second-order valence-electron chi connectivity index (χ2n) is 5.92. The summed E-state index contributed by atoms with van der Waals surface area (Å²) >= 11 is 0. The summed E-state index contributed by atoms with van der Waals surface area (Å²) in [6.07, 6.45) is 2.61. The van der Waals surface area contributed by atoms with Gasteiger partial charge < -0.3 is 9.73 Å². The first-order valence-electron chi connectivity index (χ1n) is 6.40. The van der Waals surface area contributed by atoms with Gasteiger partial charge in [0.1, 0.15) is 0 Å². The molecule has 102 valence electrons. The third-order valence-electron chi connectivity index (χ3n) is 2.54. The Morgan fingerprint density at radius 1 is 1.21 bits per heavy atom. The Labute approximate surface area is 113 Å². The summed E-state index contributed by atoms with van der Waals surface area (Å²) in [6.45, 7) is 9.01. The van der Waals surface area contributed by atoms with Gasteiger partial charge in [0.25, 0.3) is 0 Å². The van der Waals surface area contributed by atoms with E-state index in [1.165, 1.54) is 0 Å². The lowest BCUT2D eigenvalue weighted by atomic mass is 9.92. The van der Waals surface area contributed by atoms with Crippen molar-refractivity contribution >= 4 is 6.01 Å². The average Bonchev–Trinajstić information content (AvgIpc) is 2.73. The van der Waals surface area contributed by atoms with Gasteiger partial charge in [-0.1, -0.05) is 31.9 Å². The van der Waals surface area contributed by atoms with Crippen molar-refractivity contribution in [2.24, 2.45) is 5.41 Å². The zero-order valence-corrected chi connectivity index (χ0v) is 11.9. The van der Waals surface area contributed by atoms with E-state index in [-0.39, 0.29) is 5.41 Å². The molecule has 0 aromatic carbocycles. The largest absolute Gasteiger partial charge is 0.408 e. The molecule has 0 aliphatic carbocycles. The molecule has 0 bridgehead atoms. The normalized spacial score (nSPS) is 11.6. The lowest BCUT2D eigenvalue weighted by Gasteiger charge is -2.14. The van der Waals surface area contributed by atoms with Crippen LogP contribution in [-0.2, 0) is 13.0 Å². The van der Waals surface area contributed by atoms with E-state index in [4.69, 9.17) is 4.42 Å². The van der Waals surface area contributed by atoms with Crippen LogP contribution in [0.5, 0.6) is 0 Å². The molecule has 19 heavy (non-hydrogen) atoms. The number of nitrogens with zero attached hydrogens (tertiary/aromatic N) is 3. The molecule has 0 aliphatic rings. The van der Waals surface area contributed by atoms with Crippen molar-refractivity contribution < 1.29 is 4.42 Å². The number of rotatable bonds is 4. The van der Waals surface area contributed by atoms with Crippen molar-refractivity contribution in [2.45, 2.75) is 40.7 Å². The summed E-state index contributed by atoms with van der Waals surface area (Å²) in [5.41, 5.74) is 2.23. The van der Waals surface area contributed by atoms with Crippen LogP contribution in [0, 0.1) is 12.3 Å². The van der Waals surface area contributed by atoms with E-state index in [2.05, 4.69) is 41.3 Å². The average molecular weight is 260 g/mol. The van der Waals surface area contributed by atoms with E-state index < -0.39 is 0 Å². The third-order valence-corrected chi connectivity index (χ3v) is 2.54. The Balaban J connectivity index is 1.91. The lowest BCUT2D eigenvalue weighted by molar-refractivity contribution is 0.357. The van der Waals surface area contributed by atoms with Crippen LogP contribution in [0.1, 0.15) is 37.9 Å². The van der Waals surface area contributed by atoms with E-state index in [9.17, 15) is 0 Å². The zero-order chi connectivity index (χ0) is 13.9. The Morgan fingerprint density at radius 3 is 2.63 bits per heavy atom. The predicted octanol–water partition coefficient (Wildman–Crippen LogP) is 2.97. The number of pyridine rings is 1. The highest BCUT2D eigenvalue weighted by atomic mass is 16.4. The molecule has 5 heteroatoms. The number of hydrogen-bond acceptors (Lipinski definition) is 5. The quantitative estimate of drug-likeness (QED) is 0.915. The molecule has 0 saturated carbocycles. The van der Waals surface area contributed by atoms with Crippen LogP contribution in [0.4, 0.5) is 6.01 Å². The van der Waals surface area contributed by atoms with Gasteiger partial charge in [0.05, 0.1) is 12.2 Å². The number of nitrogens with one attached hydrogen (secondary N) is 1. The lowest BCUT2D eigenvalue weighted by Crippen LogP contribution is -2.09. The summed E-state index contributed by atoms with van der Waals surface area (Å²) in [5.74, 6) is 0.659. The van der Waals surface area contributed by atoms with Gasteiger partial charge >= 0.3 is 6.01 Å². The SMILES string of the molecule is Cc1ccc(CNc2nnc(CC(C)(C)C)o2)nc1. The van der Waals surface area contributed by atoms with Crippen molar-refractivity contribution in [3.63, 3.8) is 0 Å². The van der Waals surface area contributed by atoms with E-state index in [1.54, 1.807) is 0 Å². The molecule has 0 aliphatic heterocycles. The van der Waals surface area contributed by atoms with Gasteiger partial charge in [-0.3, -0.25) is 4.98 Å². The van der Waals surface area contributed by atoms with Crippen molar-refractivity contribution in [2.75, 3.05) is 5.32 Å². The molecule has 0 fully saturated rings. The van der Waals surface area contributed by atoms with Crippen molar-refractivity contribution in [3.05, 3.63) is 35.5 Å². The second kappa shape index (κ2) is 5.38. The van der Waals surface area contributed by atoms with Crippen molar-refractivity contribution in [1.29, 1.82) is 0 Å². The second-order valence-corrected chi connectivity index (χ2v) is 5.92. The van der Waals surface area contributed by atoms with E-state index in [0.717, 1.165) is 17.7 Å².